The highest BCUT2D eigenvalue weighted by molar-refractivity contribution is 7.98. The number of nitrogens with one attached hydrogen (secondary N) is 3. The molecule has 16 heteroatoms. The molecule has 0 aromatic heterocycles. The number of carbonyl (C=O) groups excluding carboxylic acids is 4. The second-order valence-electron chi connectivity index (χ2n) is 18.8. The number of nitrogens with zero attached hydrogens (tertiary/aromatic N) is 1. The number of esters is 1. The van der Waals surface area contributed by atoms with Gasteiger partial charge in [0, 0.05) is 30.3 Å². The monoisotopic (exact) mass is 938 g/mol. The van der Waals surface area contributed by atoms with Gasteiger partial charge in [-0.25, -0.2) is 18.0 Å². The first kappa shape index (κ1) is 52.7. The van der Waals surface area contributed by atoms with Crippen molar-refractivity contribution in [2.24, 2.45) is 5.41 Å². The Bertz CT molecular complexity index is 2160. The van der Waals surface area contributed by atoms with Gasteiger partial charge in [-0.15, -0.1) is 11.8 Å². The zero-order valence-electron chi connectivity index (χ0n) is 39.6. The molecular formula is C49H70N4O10S2. The summed E-state index contributed by atoms with van der Waals surface area (Å²) in [6.07, 6.45) is 7.55. The minimum absolute atomic E-state index is 0.0223. The number of aromatic hydroxyl groups is 1. The van der Waals surface area contributed by atoms with Gasteiger partial charge in [0.05, 0.1) is 21.2 Å². The van der Waals surface area contributed by atoms with Crippen LogP contribution in [0.5, 0.6) is 11.5 Å². The minimum atomic E-state index is -3.86. The number of carbonyl (C=O) groups is 4. The lowest BCUT2D eigenvalue weighted by Crippen LogP contribution is -2.49. The number of hydrogen-bond acceptors (Lipinski definition) is 12. The van der Waals surface area contributed by atoms with Gasteiger partial charge in [0.25, 0.3) is 5.91 Å². The molecular weight excluding hydrogens is 869 g/mol. The number of ether oxygens (including phenoxy) is 3. The Balaban J connectivity index is 1.60. The van der Waals surface area contributed by atoms with Crippen molar-refractivity contribution < 1.29 is 46.9 Å². The van der Waals surface area contributed by atoms with Crippen molar-refractivity contribution in [3.05, 3.63) is 72.3 Å². The van der Waals surface area contributed by atoms with Gasteiger partial charge in [0.1, 0.15) is 34.8 Å². The van der Waals surface area contributed by atoms with Gasteiger partial charge >= 0.3 is 12.1 Å². The molecule has 0 fully saturated rings. The smallest absolute Gasteiger partial charge is 0.407 e. The van der Waals surface area contributed by atoms with Crippen LogP contribution in [0.4, 0.5) is 16.2 Å². The number of sulfone groups is 1. The van der Waals surface area contributed by atoms with E-state index in [0.717, 1.165) is 44.2 Å². The predicted octanol–water partition coefficient (Wildman–Crippen LogP) is 9.16. The molecule has 0 bridgehead atoms. The number of fused-ring (bicyclic) bond motifs is 1. The van der Waals surface area contributed by atoms with E-state index >= 15 is 0 Å². The fraction of sp³-hybridized carbons (Fsp3) is 0.551. The minimum Gasteiger partial charge on any atom is -0.508 e. The van der Waals surface area contributed by atoms with Crippen LogP contribution in [-0.2, 0) is 33.7 Å². The second-order valence-corrected chi connectivity index (χ2v) is 21.6. The highest BCUT2D eigenvalue weighted by Crippen LogP contribution is 2.48. The maximum absolute atomic E-state index is 14.6. The average molecular weight is 939 g/mol. The number of anilines is 2. The van der Waals surface area contributed by atoms with Gasteiger partial charge in [-0.1, -0.05) is 69.9 Å². The van der Waals surface area contributed by atoms with E-state index in [4.69, 9.17) is 14.2 Å². The van der Waals surface area contributed by atoms with Crippen LogP contribution in [0.15, 0.2) is 76.5 Å². The molecule has 3 amide bonds. The molecule has 0 saturated heterocycles. The van der Waals surface area contributed by atoms with Crippen LogP contribution in [0.25, 0.3) is 0 Å². The molecule has 3 aromatic rings. The number of thioether (sulfide) groups is 1. The summed E-state index contributed by atoms with van der Waals surface area (Å²) in [6.45, 7) is 14.9. The molecule has 0 aliphatic carbocycles. The number of benzene rings is 3. The lowest BCUT2D eigenvalue weighted by molar-refractivity contribution is -0.159. The van der Waals surface area contributed by atoms with Crippen LogP contribution in [0.1, 0.15) is 125 Å². The summed E-state index contributed by atoms with van der Waals surface area (Å²) in [7, 11) is -3.86. The first-order valence-electron chi connectivity index (χ1n) is 22.6. The van der Waals surface area contributed by atoms with Crippen molar-refractivity contribution in [3.8, 4) is 11.5 Å². The molecule has 0 spiro atoms. The molecule has 358 valence electrons. The first-order valence-corrected chi connectivity index (χ1v) is 25.5. The second kappa shape index (κ2) is 23.5. The van der Waals surface area contributed by atoms with Crippen molar-refractivity contribution in [2.75, 3.05) is 36.6 Å². The highest BCUT2D eigenvalue weighted by Gasteiger charge is 2.43. The molecule has 1 aliphatic heterocycles. The Hall–Kier alpha value is -4.96. The predicted molar refractivity (Wildman–Crippen MR) is 256 cm³/mol. The van der Waals surface area contributed by atoms with Crippen molar-refractivity contribution in [3.63, 3.8) is 0 Å². The summed E-state index contributed by atoms with van der Waals surface area (Å²) in [4.78, 5) is 56.4. The van der Waals surface area contributed by atoms with E-state index in [0.29, 0.717) is 35.5 Å². The molecule has 0 saturated carbocycles. The Labute approximate surface area is 390 Å². The Morgan fingerprint density at radius 1 is 0.846 bits per heavy atom. The van der Waals surface area contributed by atoms with Crippen molar-refractivity contribution >= 4 is 56.9 Å². The van der Waals surface area contributed by atoms with E-state index in [2.05, 4.69) is 34.7 Å². The van der Waals surface area contributed by atoms with Gasteiger partial charge < -0.3 is 40.2 Å². The van der Waals surface area contributed by atoms with Crippen LogP contribution in [-0.4, -0.2) is 86.4 Å². The van der Waals surface area contributed by atoms with Gasteiger partial charge in [-0.3, -0.25) is 9.59 Å². The summed E-state index contributed by atoms with van der Waals surface area (Å²) < 4.78 is 46.3. The topological polar surface area (TPSA) is 190 Å². The molecule has 4 N–H and O–H groups in total. The van der Waals surface area contributed by atoms with Crippen LogP contribution in [0.2, 0.25) is 0 Å². The van der Waals surface area contributed by atoms with Crippen molar-refractivity contribution in [1.29, 1.82) is 0 Å². The molecule has 1 unspecified atom stereocenters. The van der Waals surface area contributed by atoms with E-state index in [1.54, 1.807) is 41.5 Å². The van der Waals surface area contributed by atoms with Gasteiger partial charge in [0.2, 0.25) is 5.91 Å². The van der Waals surface area contributed by atoms with Crippen LogP contribution >= 0.6 is 11.8 Å². The van der Waals surface area contributed by atoms with Gasteiger partial charge in [-0.05, 0) is 116 Å². The Kier molecular flexibility index (Phi) is 19.0. The lowest BCUT2D eigenvalue weighted by atomic mass is 9.79. The van der Waals surface area contributed by atoms with E-state index in [-0.39, 0.29) is 35.1 Å². The number of hydrogen-bond donors (Lipinski definition) is 4. The summed E-state index contributed by atoms with van der Waals surface area (Å²) in [5, 5.41) is 18.2. The third-order valence-corrected chi connectivity index (χ3v) is 13.5. The summed E-state index contributed by atoms with van der Waals surface area (Å²) in [6, 6.07) is 16.4. The largest absolute Gasteiger partial charge is 0.508 e. The SMILES string of the molecule is CCCCC1(CCCC)CN(c2ccccc2)c2cc(SC)c(OCC(=O)N[C@@H](C(=O)NC(CCCCNC(=O)OC(C)(C)C)C(=O)OC(C)(C)C)c3ccc(O)cc3)cc2S(=O)(=O)C1. The molecule has 1 heterocycles. The zero-order chi connectivity index (χ0) is 48.0. The van der Waals surface area contributed by atoms with Gasteiger partial charge in [0.15, 0.2) is 16.4 Å². The number of unbranched alkanes of at least 4 members (excludes halogenated alkanes) is 3. The third kappa shape index (κ3) is 16.2. The zero-order valence-corrected chi connectivity index (χ0v) is 41.2. The molecule has 1 aliphatic rings. The number of para-hydroxylation sites is 1. The number of alkyl carbamates (subject to hydrolysis) is 1. The maximum Gasteiger partial charge on any atom is 0.407 e. The fourth-order valence-corrected chi connectivity index (χ4v) is 10.4. The van der Waals surface area contributed by atoms with Gasteiger partial charge in [-0.2, -0.15) is 0 Å². The maximum atomic E-state index is 14.6. The van der Waals surface area contributed by atoms with Crippen LogP contribution in [0, 0.1) is 5.41 Å². The molecule has 4 rings (SSSR count). The fourth-order valence-electron chi connectivity index (χ4n) is 7.75. The molecule has 65 heavy (non-hydrogen) atoms. The summed E-state index contributed by atoms with van der Waals surface area (Å²) in [5.74, 6) is -1.97. The Morgan fingerprint density at radius 2 is 1.48 bits per heavy atom. The van der Waals surface area contributed by atoms with Crippen molar-refractivity contribution in [1.82, 2.24) is 16.0 Å². The molecule has 3 aromatic carbocycles. The normalized spacial score (nSPS) is 15.4. The number of phenols is 1. The van der Waals surface area contributed by atoms with E-state index < -0.39 is 69.0 Å². The standard InChI is InChI=1S/C49H70N4O10S2/c1-10-12-26-49(27-13-11-2)32-53(35-19-15-14-16-20-35)38-29-40(64-9)39(30-41(38)65(59,60)33-49)61-31-42(55)52-43(34-22-24-36(54)25-23-34)44(56)51-37(45(57)62-47(3,4)5)21-17-18-28-50-46(58)63-48(6,7)8/h14-16,19-20,22-25,29-30,37,43,54H,10-13,17-18,21,26-28,31-33H2,1-9H3,(H,50,58)(H,51,56)(H,52,55)/t37?,43-/m1/s1. The molecule has 2 atom stereocenters. The molecule has 14 nitrogen and oxygen atoms in total. The van der Waals surface area contributed by atoms with Crippen molar-refractivity contribution in [2.45, 2.75) is 146 Å². The summed E-state index contributed by atoms with van der Waals surface area (Å²) in [5.41, 5.74) is -0.270. The highest BCUT2D eigenvalue weighted by atomic mass is 32.2. The first-order chi connectivity index (χ1) is 30.6. The number of rotatable bonds is 21. The van der Waals surface area contributed by atoms with Crippen LogP contribution < -0.4 is 25.6 Å². The lowest BCUT2D eigenvalue weighted by Gasteiger charge is -2.37. The number of amides is 3. The molecule has 0 radical (unpaired) electrons. The third-order valence-electron chi connectivity index (χ3n) is 10.8. The average Bonchev–Trinajstić information content (AvgIpc) is 3.32. The van der Waals surface area contributed by atoms with E-state index in [1.807, 2.05) is 42.7 Å². The van der Waals surface area contributed by atoms with Crippen LogP contribution in [0.3, 0.4) is 0 Å². The van der Waals surface area contributed by atoms with E-state index in [1.165, 1.54) is 42.1 Å². The quantitative estimate of drug-likeness (QED) is 0.0451. The van der Waals surface area contributed by atoms with E-state index in [9.17, 15) is 32.7 Å². The summed E-state index contributed by atoms with van der Waals surface area (Å²) >= 11 is 1.36. The number of phenolic OH excluding ortho intramolecular Hbond substituents is 1. The Morgan fingerprint density at radius 3 is 2.06 bits per heavy atom.